The molecule has 4 rings (SSSR count). The summed E-state index contributed by atoms with van der Waals surface area (Å²) >= 11 is 12.5. The number of nitrogens with one attached hydrogen (secondary N) is 2. The average Bonchev–Trinajstić information content (AvgIpc) is 3.28. The van der Waals surface area contributed by atoms with Gasteiger partial charge in [-0.2, -0.15) is 15.7 Å². The molecule has 2 heterocycles. The Bertz CT molecular complexity index is 1300. The quantitative estimate of drug-likeness (QED) is 0.565. The van der Waals surface area contributed by atoms with Gasteiger partial charge in [-0.15, -0.1) is 10.2 Å². The van der Waals surface area contributed by atoms with Crippen LogP contribution < -0.4 is 5.32 Å². The van der Waals surface area contributed by atoms with Gasteiger partial charge in [0.25, 0.3) is 0 Å². The van der Waals surface area contributed by atoms with Crippen LogP contribution in [0.2, 0.25) is 10.0 Å². The summed E-state index contributed by atoms with van der Waals surface area (Å²) in [7, 11) is 0. The van der Waals surface area contributed by atoms with Crippen LogP contribution in [0.4, 0.5) is 0 Å². The van der Waals surface area contributed by atoms with Crippen LogP contribution in [0, 0.1) is 22.7 Å². The molecule has 0 bridgehead atoms. The Hall–Kier alpha value is -3.65. The van der Waals surface area contributed by atoms with Crippen LogP contribution in [0.5, 0.6) is 0 Å². The van der Waals surface area contributed by atoms with Gasteiger partial charge in [-0.3, -0.25) is 0 Å². The van der Waals surface area contributed by atoms with E-state index in [-0.39, 0.29) is 11.4 Å². The SMILES string of the molecule is CC1(c2cccc(Cl)c2)CC(c2cccc(Cl)c2)=C(C#N)/C(=C(/C#N)c2nn[nH]n2)N1. The van der Waals surface area contributed by atoms with E-state index in [9.17, 15) is 10.5 Å². The summed E-state index contributed by atoms with van der Waals surface area (Å²) in [5.41, 5.74) is 2.53. The van der Waals surface area contributed by atoms with Crippen LogP contribution in [-0.4, -0.2) is 20.6 Å². The summed E-state index contributed by atoms with van der Waals surface area (Å²) in [5.74, 6) is 0.0959. The summed E-state index contributed by atoms with van der Waals surface area (Å²) < 4.78 is 0. The minimum atomic E-state index is -0.677. The van der Waals surface area contributed by atoms with Gasteiger partial charge >= 0.3 is 0 Å². The topological polar surface area (TPSA) is 114 Å². The van der Waals surface area contributed by atoms with Gasteiger partial charge in [-0.25, -0.2) is 0 Å². The number of nitrogens with zero attached hydrogens (tertiary/aromatic N) is 5. The van der Waals surface area contributed by atoms with Crippen molar-refractivity contribution in [2.75, 3.05) is 0 Å². The Morgan fingerprint density at radius 2 is 1.84 bits per heavy atom. The maximum atomic E-state index is 10.1. The lowest BCUT2D eigenvalue weighted by molar-refractivity contribution is 0.408. The maximum absolute atomic E-state index is 10.1. The van der Waals surface area contributed by atoms with Gasteiger partial charge in [0.2, 0.25) is 5.82 Å². The lowest BCUT2D eigenvalue weighted by Crippen LogP contribution is -2.43. The van der Waals surface area contributed by atoms with Gasteiger partial charge < -0.3 is 5.32 Å². The second-order valence-corrected chi connectivity index (χ2v) is 8.09. The lowest BCUT2D eigenvalue weighted by Gasteiger charge is -2.39. The van der Waals surface area contributed by atoms with Crippen LogP contribution in [0.15, 0.2) is 59.8 Å². The molecule has 0 amide bonds. The molecule has 0 radical (unpaired) electrons. The van der Waals surface area contributed by atoms with Crippen molar-refractivity contribution in [2.45, 2.75) is 18.9 Å². The Kier molecular flexibility index (Phi) is 5.48. The Morgan fingerprint density at radius 1 is 1.10 bits per heavy atom. The van der Waals surface area contributed by atoms with Crippen molar-refractivity contribution in [3.05, 3.63) is 86.8 Å². The third kappa shape index (κ3) is 3.89. The molecule has 0 saturated heterocycles. The van der Waals surface area contributed by atoms with Crippen molar-refractivity contribution in [1.82, 2.24) is 25.9 Å². The molecule has 2 N–H and O–H groups in total. The highest BCUT2D eigenvalue weighted by atomic mass is 35.5. The van der Waals surface area contributed by atoms with E-state index >= 15 is 0 Å². The normalized spacial score (nSPS) is 19.9. The first-order valence-electron chi connectivity index (χ1n) is 9.27. The fourth-order valence-corrected chi connectivity index (χ4v) is 4.08. The van der Waals surface area contributed by atoms with Crippen molar-refractivity contribution in [2.24, 2.45) is 0 Å². The first kappa shape index (κ1) is 20.6. The number of tetrazole rings is 1. The fraction of sp³-hybridized carbons (Fsp3) is 0.136. The highest BCUT2D eigenvalue weighted by Gasteiger charge is 2.38. The van der Waals surface area contributed by atoms with Crippen LogP contribution in [-0.2, 0) is 5.54 Å². The summed E-state index contributed by atoms with van der Waals surface area (Å²) in [4.78, 5) is 0. The average molecular weight is 448 g/mol. The van der Waals surface area contributed by atoms with Crippen molar-refractivity contribution in [3.8, 4) is 12.1 Å². The van der Waals surface area contributed by atoms with E-state index < -0.39 is 5.54 Å². The predicted octanol–water partition coefficient (Wildman–Crippen LogP) is 4.63. The zero-order chi connectivity index (χ0) is 22.0. The molecule has 0 fully saturated rings. The molecule has 1 aliphatic heterocycles. The second-order valence-electron chi connectivity index (χ2n) is 7.22. The first-order chi connectivity index (χ1) is 14.9. The van der Waals surface area contributed by atoms with Gasteiger partial charge in [0.1, 0.15) is 17.7 Å². The molecule has 9 heteroatoms. The largest absolute Gasteiger partial charge is 0.373 e. The Labute approximate surface area is 188 Å². The standard InChI is InChI=1S/C22H15Cl2N7/c1-22(14-5-3-7-16(24)9-14)10-17(13-4-2-6-15(23)8-13)18(11-25)20(27-22)19(12-26)21-28-30-31-29-21/h2-9,27H,10H2,1H3,(H,28,29,30,31)/b20-19+. The number of halogens is 2. The molecule has 0 spiro atoms. The maximum Gasteiger partial charge on any atom is 0.217 e. The Morgan fingerprint density at radius 3 is 2.45 bits per heavy atom. The monoisotopic (exact) mass is 447 g/mol. The number of benzene rings is 2. The molecule has 3 aromatic rings. The summed E-state index contributed by atoms with van der Waals surface area (Å²) in [5, 5.41) is 38.3. The number of aromatic nitrogens is 4. The molecule has 31 heavy (non-hydrogen) atoms. The lowest BCUT2D eigenvalue weighted by atomic mass is 9.77. The minimum absolute atomic E-state index is 0.0959. The van der Waals surface area contributed by atoms with Crippen molar-refractivity contribution >= 4 is 34.3 Å². The molecule has 1 aromatic heterocycles. The van der Waals surface area contributed by atoms with Gasteiger partial charge in [-0.1, -0.05) is 47.5 Å². The van der Waals surface area contributed by atoms with Crippen molar-refractivity contribution < 1.29 is 0 Å². The van der Waals surface area contributed by atoms with Gasteiger partial charge in [0, 0.05) is 16.5 Å². The van der Waals surface area contributed by atoms with Crippen LogP contribution in [0.25, 0.3) is 11.1 Å². The summed E-state index contributed by atoms with van der Waals surface area (Å²) in [6, 6.07) is 19.1. The van der Waals surface area contributed by atoms with Crippen LogP contribution in [0.1, 0.15) is 30.3 Å². The molecular formula is C22H15Cl2N7. The third-order valence-corrected chi connectivity index (χ3v) is 5.63. The molecule has 1 aliphatic rings. The fourth-order valence-electron chi connectivity index (χ4n) is 3.70. The highest BCUT2D eigenvalue weighted by molar-refractivity contribution is 6.31. The molecule has 152 valence electrons. The minimum Gasteiger partial charge on any atom is -0.373 e. The van der Waals surface area contributed by atoms with E-state index in [1.165, 1.54) is 0 Å². The summed E-state index contributed by atoms with van der Waals surface area (Å²) in [6.45, 7) is 1.99. The van der Waals surface area contributed by atoms with Gasteiger partial charge in [0.15, 0.2) is 0 Å². The van der Waals surface area contributed by atoms with Crippen LogP contribution >= 0.6 is 23.2 Å². The molecule has 2 aromatic carbocycles. The molecule has 0 saturated carbocycles. The zero-order valence-electron chi connectivity index (χ0n) is 16.3. The van der Waals surface area contributed by atoms with Gasteiger partial charge in [0.05, 0.1) is 16.8 Å². The number of aromatic amines is 1. The zero-order valence-corrected chi connectivity index (χ0v) is 17.8. The molecule has 7 nitrogen and oxygen atoms in total. The molecule has 0 aliphatic carbocycles. The third-order valence-electron chi connectivity index (χ3n) is 5.16. The van der Waals surface area contributed by atoms with Crippen molar-refractivity contribution in [3.63, 3.8) is 0 Å². The molecule has 1 unspecified atom stereocenters. The number of allylic oxidation sites excluding steroid dienone is 2. The first-order valence-corrected chi connectivity index (χ1v) is 10.0. The van der Waals surface area contributed by atoms with E-state index in [4.69, 9.17) is 23.2 Å². The number of nitriles is 2. The summed E-state index contributed by atoms with van der Waals surface area (Å²) in [6.07, 6.45) is 0.463. The molecular weight excluding hydrogens is 433 g/mol. The van der Waals surface area contributed by atoms with Crippen LogP contribution in [0.3, 0.4) is 0 Å². The Balaban J connectivity index is 2.02. The smallest absolute Gasteiger partial charge is 0.217 e. The van der Waals surface area contributed by atoms with Gasteiger partial charge in [-0.05, 0) is 53.1 Å². The second kappa shape index (κ2) is 8.23. The number of hydrogen-bond acceptors (Lipinski definition) is 6. The molecule has 1 atom stereocenters. The van der Waals surface area contributed by atoms with E-state index in [1.54, 1.807) is 18.2 Å². The number of rotatable bonds is 3. The van der Waals surface area contributed by atoms with E-state index in [0.717, 1.165) is 16.7 Å². The van der Waals surface area contributed by atoms with E-state index in [1.807, 2.05) is 37.3 Å². The van der Waals surface area contributed by atoms with E-state index in [2.05, 4.69) is 38.1 Å². The number of hydrogen-bond donors (Lipinski definition) is 2. The van der Waals surface area contributed by atoms with Crippen molar-refractivity contribution in [1.29, 1.82) is 10.5 Å². The predicted molar refractivity (Wildman–Crippen MR) is 117 cm³/mol. The highest BCUT2D eigenvalue weighted by Crippen LogP contribution is 2.43. The van der Waals surface area contributed by atoms with E-state index in [0.29, 0.717) is 27.7 Å². The number of H-pyrrole nitrogens is 1.